The summed E-state index contributed by atoms with van der Waals surface area (Å²) < 4.78 is 60.4. The molecule has 0 bridgehead atoms. The van der Waals surface area contributed by atoms with Crippen LogP contribution in [-0.2, 0) is 55.9 Å². The molecule has 4 amide bonds. The Kier molecular flexibility index (Phi) is 93.9. The van der Waals surface area contributed by atoms with Crippen molar-refractivity contribution in [2.24, 2.45) is 0 Å². The Morgan fingerprint density at radius 2 is 0.500 bits per heavy atom. The van der Waals surface area contributed by atoms with Crippen LogP contribution >= 0.6 is 15.6 Å². The van der Waals surface area contributed by atoms with Crippen LogP contribution in [0.25, 0.3) is 0 Å². The topological polar surface area (TPSA) is 269 Å². The number of esters is 2. The third-order valence-electron chi connectivity index (χ3n) is 21.7. The van der Waals surface area contributed by atoms with Gasteiger partial charge in [-0.05, 0) is 63.5 Å². The Bertz CT molecular complexity index is 2200. The van der Waals surface area contributed by atoms with Gasteiger partial charge in [0.1, 0.15) is 12.2 Å². The molecule has 23 heteroatoms. The average Bonchev–Trinajstić information content (AvgIpc) is 0.878. The number of phosphoric acid groups is 2. The van der Waals surface area contributed by atoms with Crippen molar-refractivity contribution in [2.75, 3.05) is 39.5 Å². The number of unbranched alkanes of at least 4 members (excludes halogenated alkanes) is 58. The van der Waals surface area contributed by atoms with Crippen molar-refractivity contribution in [2.45, 2.75) is 502 Å². The third-order valence-corrected chi connectivity index (χ3v) is 23.6. The predicted molar refractivity (Wildman–Crippen MR) is 470 cm³/mol. The number of hydrogen-bond donors (Lipinski definition) is 4. The van der Waals surface area contributed by atoms with Crippen molar-refractivity contribution < 1.29 is 130 Å². The molecule has 0 heterocycles. The molecule has 0 aromatic heterocycles. The molecule has 0 fully saturated rings. The summed E-state index contributed by atoms with van der Waals surface area (Å²) in [4.78, 5) is 94.6. The van der Waals surface area contributed by atoms with E-state index in [1.54, 1.807) is 12.2 Å². The van der Waals surface area contributed by atoms with Crippen LogP contribution in [0.3, 0.4) is 0 Å². The van der Waals surface area contributed by atoms with Gasteiger partial charge in [0, 0.05) is 38.8 Å². The van der Waals surface area contributed by atoms with Gasteiger partial charge in [-0.1, -0.05) is 413 Å². The Morgan fingerprint density at radius 3 is 0.733 bits per heavy atom. The number of amides is 4. The zero-order valence-electron chi connectivity index (χ0n) is 76.5. The fourth-order valence-electron chi connectivity index (χ4n) is 14.4. The molecule has 0 aromatic rings. The van der Waals surface area contributed by atoms with Gasteiger partial charge in [0.2, 0.25) is 11.8 Å². The summed E-state index contributed by atoms with van der Waals surface area (Å²) in [6.07, 6.45) is 78.3. The van der Waals surface area contributed by atoms with Crippen molar-refractivity contribution in [3.63, 3.8) is 0 Å². The fourth-order valence-corrected chi connectivity index (χ4v) is 15.9. The summed E-state index contributed by atoms with van der Waals surface area (Å²) in [6, 6.07) is -2.90. The van der Waals surface area contributed by atoms with Crippen molar-refractivity contribution in [3.05, 3.63) is 24.3 Å². The van der Waals surface area contributed by atoms with E-state index in [2.05, 4.69) is 62.8 Å². The average molecular weight is 1700 g/mol. The molecule has 116 heavy (non-hydrogen) atoms. The molecule has 0 saturated heterocycles. The Hall–Kier alpha value is -1.15. The minimum absolute atomic E-state index is 0. The van der Waals surface area contributed by atoms with Gasteiger partial charge in [0.05, 0.1) is 38.5 Å². The molecular weight excluding hydrogens is 1520 g/mol. The number of carbonyl (C=O) groups is 5. The second-order valence-electron chi connectivity index (χ2n) is 32.8. The standard InChI is InChI=1S/C93H180N4O15P2.2Na/c1-7-13-19-25-31-37-41-43-47-51-55-61-67-73-87(111-91(100)77-71-65-59-49-35-29-23-17-11-5)85(96-89(98)75-69-63-57-53-45-39-33-27-21-15-9-3)83-109-113(103,104)107-81-79-94-93(102)95-80-82-108-114(105,106)110-84-86(97-90(99)76-70-64-58-54-46-40-34-28-22-16-10-4)88(112-92(101)78-72-66-60-50-36-30-24-18-12-6)74-68-62-56-52-48-44-42-38-32-26-20-14-8-2;;/h67-68,73-74,85-88H,7-66,69-72,75-84H2,1-6H3,(H,96,98)(H,97,99)(H,103,104)(H,105,106)(H2,94,95,102);;/q;2*+1/p-2/b73-67+,74-68+;;/t85-,86-,87+,88+;;/m0../s1. The SMILES string of the molecule is CCCCCCCCCCCCC/C=C/[C@@H](OC(=O)CCCCCCCCCCC)[C@H](COP(=O)([O-])OCCNC(=O)NCCOP(=O)([O-])OC[C@H](NC(=O)CCCCCCCCCCCCC)[C@@H](/C=C/CCCCCCCCCCCCC)OC(=O)CCCCCCCCCCC)NC(=O)CCCCCCCCCCCCC.[Na+].[Na+]. The molecule has 19 nitrogen and oxygen atoms in total. The van der Waals surface area contributed by atoms with Crippen LogP contribution in [0.5, 0.6) is 0 Å². The van der Waals surface area contributed by atoms with Crippen molar-refractivity contribution in [3.8, 4) is 0 Å². The summed E-state index contributed by atoms with van der Waals surface area (Å²) in [5.41, 5.74) is 0. The summed E-state index contributed by atoms with van der Waals surface area (Å²) in [5.74, 6) is -1.49. The predicted octanol–water partition coefficient (Wildman–Crippen LogP) is 19.8. The monoisotopic (exact) mass is 1700 g/mol. The minimum Gasteiger partial charge on any atom is -0.756 e. The molecule has 672 valence electrons. The summed E-state index contributed by atoms with van der Waals surface area (Å²) in [5, 5.41) is 10.9. The summed E-state index contributed by atoms with van der Waals surface area (Å²) in [7, 11) is -10.2. The zero-order chi connectivity index (χ0) is 83.4. The van der Waals surface area contributed by atoms with Crippen molar-refractivity contribution in [1.82, 2.24) is 21.3 Å². The third kappa shape index (κ3) is 85.0. The maximum atomic E-state index is 13.7. The van der Waals surface area contributed by atoms with Gasteiger partial charge in [0.25, 0.3) is 15.6 Å². The van der Waals surface area contributed by atoms with Crippen LogP contribution in [0, 0.1) is 0 Å². The summed E-state index contributed by atoms with van der Waals surface area (Å²) in [6.45, 7) is 10.5. The molecule has 6 atom stereocenters. The van der Waals surface area contributed by atoms with E-state index in [4.69, 9.17) is 27.6 Å². The second kappa shape index (κ2) is 91.5. The number of carbonyl (C=O) groups excluding carboxylic acids is 5. The number of rotatable bonds is 90. The van der Waals surface area contributed by atoms with E-state index < -0.39 is 84.3 Å². The van der Waals surface area contributed by atoms with E-state index in [1.807, 2.05) is 12.2 Å². The van der Waals surface area contributed by atoms with Crippen LogP contribution in [0.15, 0.2) is 24.3 Å². The van der Waals surface area contributed by atoms with E-state index in [9.17, 15) is 42.9 Å². The molecule has 0 aliphatic heterocycles. The van der Waals surface area contributed by atoms with Gasteiger partial charge in [-0.25, -0.2) is 4.79 Å². The van der Waals surface area contributed by atoms with Gasteiger partial charge in [-0.3, -0.25) is 28.3 Å². The maximum absolute atomic E-state index is 13.7. The van der Waals surface area contributed by atoms with Gasteiger partial charge < -0.3 is 58.6 Å². The summed E-state index contributed by atoms with van der Waals surface area (Å²) >= 11 is 0. The first-order valence-corrected chi connectivity index (χ1v) is 51.0. The first-order valence-electron chi connectivity index (χ1n) is 48.1. The molecular formula is C93H178N4Na2O15P2. The van der Waals surface area contributed by atoms with Gasteiger partial charge in [-0.15, -0.1) is 0 Å². The van der Waals surface area contributed by atoms with Crippen LogP contribution in [0.2, 0.25) is 0 Å². The Labute approximate surface area is 756 Å². The van der Waals surface area contributed by atoms with Gasteiger partial charge in [-0.2, -0.15) is 0 Å². The molecule has 0 saturated carbocycles. The number of nitrogens with one attached hydrogen (secondary N) is 4. The number of ether oxygens (including phenoxy) is 2. The first-order chi connectivity index (χ1) is 55.6. The zero-order valence-corrected chi connectivity index (χ0v) is 82.3. The second-order valence-corrected chi connectivity index (χ2v) is 35.6. The van der Waals surface area contributed by atoms with E-state index in [0.29, 0.717) is 25.7 Å². The first kappa shape index (κ1) is 119. The number of phosphoric ester groups is 2. The molecule has 0 spiro atoms. The van der Waals surface area contributed by atoms with Gasteiger partial charge >= 0.3 is 77.1 Å². The molecule has 0 aromatic carbocycles. The number of hydrogen-bond acceptors (Lipinski definition) is 15. The number of urea groups is 1. The molecule has 0 radical (unpaired) electrons. The van der Waals surface area contributed by atoms with E-state index in [-0.39, 0.29) is 110 Å². The maximum Gasteiger partial charge on any atom is 1.00 e. The molecule has 4 N–H and O–H groups in total. The van der Waals surface area contributed by atoms with Crippen molar-refractivity contribution >= 4 is 45.4 Å². The van der Waals surface area contributed by atoms with Crippen LogP contribution < -0.4 is 90.2 Å². The minimum atomic E-state index is -5.08. The normalized spacial score (nSPS) is 13.7. The Balaban J connectivity index is -0.0000638. The van der Waals surface area contributed by atoms with E-state index >= 15 is 0 Å². The number of allylic oxidation sites excluding steroid dienone is 2. The van der Waals surface area contributed by atoms with Crippen LogP contribution in [-0.4, -0.2) is 93.6 Å². The van der Waals surface area contributed by atoms with Crippen molar-refractivity contribution in [1.29, 1.82) is 0 Å². The fraction of sp³-hybridized carbons (Fsp3) is 0.903. The smallest absolute Gasteiger partial charge is 0.756 e. The Morgan fingerprint density at radius 1 is 0.293 bits per heavy atom. The molecule has 0 rings (SSSR count). The largest absolute Gasteiger partial charge is 1.00 e. The molecule has 0 aliphatic carbocycles. The molecule has 2 unspecified atom stereocenters. The van der Waals surface area contributed by atoms with Gasteiger partial charge in [0.15, 0.2) is 0 Å². The van der Waals surface area contributed by atoms with E-state index in [0.717, 1.165) is 128 Å². The molecule has 0 aliphatic rings. The quantitative estimate of drug-likeness (QED) is 0.0145. The van der Waals surface area contributed by atoms with Crippen LogP contribution in [0.4, 0.5) is 4.79 Å². The van der Waals surface area contributed by atoms with E-state index in [1.165, 1.54) is 257 Å². The van der Waals surface area contributed by atoms with Crippen LogP contribution in [0.1, 0.15) is 478 Å².